The first kappa shape index (κ1) is 16.0. The van der Waals surface area contributed by atoms with E-state index < -0.39 is 0 Å². The van der Waals surface area contributed by atoms with E-state index in [4.69, 9.17) is 4.74 Å². The molecular formula is C15H27NO. The van der Waals surface area contributed by atoms with Gasteiger partial charge in [-0.25, -0.2) is 0 Å². The average molecular weight is 237 g/mol. The minimum Gasteiger partial charge on any atom is -0.493 e. The summed E-state index contributed by atoms with van der Waals surface area (Å²) >= 11 is 0. The predicted molar refractivity (Wildman–Crippen MR) is 75.7 cm³/mol. The second-order valence-electron chi connectivity index (χ2n) is 4.96. The summed E-state index contributed by atoms with van der Waals surface area (Å²) in [6, 6.07) is 8.79. The number of hydrogen-bond acceptors (Lipinski definition) is 2. The summed E-state index contributed by atoms with van der Waals surface area (Å²) in [5, 5.41) is 3.03. The van der Waals surface area contributed by atoms with Crippen LogP contribution in [0.2, 0.25) is 0 Å². The molecule has 1 N–H and O–H groups in total. The van der Waals surface area contributed by atoms with Crippen molar-refractivity contribution in [3.8, 4) is 5.75 Å². The van der Waals surface area contributed by atoms with Gasteiger partial charge in [-0.1, -0.05) is 45.4 Å². The molecule has 0 aliphatic heterocycles. The molecule has 0 saturated heterocycles. The number of rotatable bonds is 4. The van der Waals surface area contributed by atoms with Crippen LogP contribution in [-0.4, -0.2) is 19.7 Å². The molecule has 1 rings (SSSR count). The Kier molecular flexibility index (Phi) is 8.51. The normalized spacial score (nSPS) is 10.1. The first-order valence-corrected chi connectivity index (χ1v) is 6.32. The van der Waals surface area contributed by atoms with Gasteiger partial charge in [0.05, 0.1) is 6.61 Å². The van der Waals surface area contributed by atoms with Crippen LogP contribution in [0.15, 0.2) is 24.3 Å². The molecule has 0 saturated carbocycles. The Hall–Kier alpha value is -1.02. The highest BCUT2D eigenvalue weighted by atomic mass is 16.5. The van der Waals surface area contributed by atoms with Crippen LogP contribution < -0.4 is 10.1 Å². The minimum atomic E-state index is 0.589. The van der Waals surface area contributed by atoms with E-state index in [0.29, 0.717) is 12.0 Å². The third kappa shape index (κ3) is 9.88. The maximum Gasteiger partial charge on any atom is 0.119 e. The molecule has 0 unspecified atom stereocenters. The third-order valence-corrected chi connectivity index (χ3v) is 2.18. The molecule has 0 aliphatic rings. The number of hydrogen-bond donors (Lipinski definition) is 1. The standard InChI is InChI=1S/C11H16O.C4H11N/c1-9(2)8-12-11-6-4-10(3)5-7-11;1-4(2)5-3/h4-7,9H,8H2,1-3H3;4-5H,1-3H3. The Balaban J connectivity index is 0.000000437. The Morgan fingerprint density at radius 2 is 1.53 bits per heavy atom. The van der Waals surface area contributed by atoms with Crippen molar-refractivity contribution in [1.29, 1.82) is 0 Å². The molecule has 0 aliphatic carbocycles. The number of aryl methyl sites for hydroxylation is 1. The zero-order valence-corrected chi connectivity index (χ0v) is 12.1. The molecule has 17 heavy (non-hydrogen) atoms. The summed E-state index contributed by atoms with van der Waals surface area (Å²) < 4.78 is 5.52. The Bertz CT molecular complexity index is 277. The quantitative estimate of drug-likeness (QED) is 0.863. The highest BCUT2D eigenvalue weighted by Crippen LogP contribution is 2.12. The first-order valence-electron chi connectivity index (χ1n) is 6.32. The van der Waals surface area contributed by atoms with Crippen LogP contribution in [0.25, 0.3) is 0 Å². The van der Waals surface area contributed by atoms with Gasteiger partial charge in [-0.2, -0.15) is 0 Å². The molecular weight excluding hydrogens is 210 g/mol. The molecule has 0 amide bonds. The fourth-order valence-corrected chi connectivity index (χ4v) is 0.897. The molecule has 0 aromatic heterocycles. The number of ether oxygens (including phenoxy) is 1. The lowest BCUT2D eigenvalue weighted by Crippen LogP contribution is -2.15. The van der Waals surface area contributed by atoms with Crippen molar-refractivity contribution in [3.63, 3.8) is 0 Å². The molecule has 0 radical (unpaired) electrons. The second kappa shape index (κ2) is 9.06. The summed E-state index contributed by atoms with van der Waals surface area (Å²) in [6.07, 6.45) is 0. The van der Waals surface area contributed by atoms with Gasteiger partial charge in [-0.3, -0.25) is 0 Å². The van der Waals surface area contributed by atoms with Gasteiger partial charge in [0.1, 0.15) is 5.75 Å². The summed E-state index contributed by atoms with van der Waals surface area (Å²) in [4.78, 5) is 0. The van der Waals surface area contributed by atoms with Crippen molar-refractivity contribution in [2.24, 2.45) is 5.92 Å². The molecule has 2 nitrogen and oxygen atoms in total. The molecule has 2 heteroatoms. The molecule has 0 spiro atoms. The predicted octanol–water partition coefficient (Wildman–Crippen LogP) is 3.64. The van der Waals surface area contributed by atoms with Crippen molar-refractivity contribution >= 4 is 0 Å². The minimum absolute atomic E-state index is 0.589. The molecule has 0 atom stereocenters. The Morgan fingerprint density at radius 1 is 1.06 bits per heavy atom. The summed E-state index contributed by atoms with van der Waals surface area (Å²) in [7, 11) is 1.95. The number of nitrogens with one attached hydrogen (secondary N) is 1. The van der Waals surface area contributed by atoms with Crippen LogP contribution in [0.3, 0.4) is 0 Å². The second-order valence-corrected chi connectivity index (χ2v) is 4.96. The van der Waals surface area contributed by atoms with E-state index in [1.807, 2.05) is 19.2 Å². The van der Waals surface area contributed by atoms with Crippen LogP contribution >= 0.6 is 0 Å². The lowest BCUT2D eigenvalue weighted by molar-refractivity contribution is 0.271. The van der Waals surface area contributed by atoms with E-state index in [0.717, 1.165) is 12.4 Å². The van der Waals surface area contributed by atoms with E-state index in [1.165, 1.54) is 5.56 Å². The summed E-state index contributed by atoms with van der Waals surface area (Å²) in [5.74, 6) is 1.56. The van der Waals surface area contributed by atoms with Gasteiger partial charge in [-0.15, -0.1) is 0 Å². The van der Waals surface area contributed by atoms with Gasteiger partial charge >= 0.3 is 0 Å². The maximum atomic E-state index is 5.52. The van der Waals surface area contributed by atoms with Crippen LogP contribution in [0.4, 0.5) is 0 Å². The monoisotopic (exact) mass is 237 g/mol. The summed E-state index contributed by atoms with van der Waals surface area (Å²) in [5.41, 5.74) is 1.27. The van der Waals surface area contributed by atoms with Gasteiger partial charge < -0.3 is 10.1 Å². The molecule has 0 bridgehead atoms. The fraction of sp³-hybridized carbons (Fsp3) is 0.600. The maximum absolute atomic E-state index is 5.52. The SMILES string of the molecule is CNC(C)C.Cc1ccc(OCC(C)C)cc1. The smallest absolute Gasteiger partial charge is 0.119 e. The zero-order chi connectivity index (χ0) is 13.3. The average Bonchev–Trinajstić information content (AvgIpc) is 2.29. The Morgan fingerprint density at radius 3 is 1.88 bits per heavy atom. The fourth-order valence-electron chi connectivity index (χ4n) is 0.897. The van der Waals surface area contributed by atoms with Gasteiger partial charge in [-0.05, 0) is 32.0 Å². The highest BCUT2D eigenvalue weighted by Gasteiger charge is 1.95. The largest absolute Gasteiger partial charge is 0.493 e. The van der Waals surface area contributed by atoms with Crippen LogP contribution in [0.5, 0.6) is 5.75 Å². The van der Waals surface area contributed by atoms with Crippen LogP contribution in [-0.2, 0) is 0 Å². The lowest BCUT2D eigenvalue weighted by Gasteiger charge is -2.08. The van der Waals surface area contributed by atoms with Crippen molar-refractivity contribution in [2.75, 3.05) is 13.7 Å². The highest BCUT2D eigenvalue weighted by molar-refractivity contribution is 5.26. The van der Waals surface area contributed by atoms with Gasteiger partial charge in [0.15, 0.2) is 0 Å². The van der Waals surface area contributed by atoms with E-state index in [9.17, 15) is 0 Å². The van der Waals surface area contributed by atoms with Gasteiger partial charge in [0.2, 0.25) is 0 Å². The number of benzene rings is 1. The van der Waals surface area contributed by atoms with E-state index >= 15 is 0 Å². The van der Waals surface area contributed by atoms with Crippen molar-refractivity contribution in [3.05, 3.63) is 29.8 Å². The molecule has 98 valence electrons. The van der Waals surface area contributed by atoms with Crippen molar-refractivity contribution < 1.29 is 4.74 Å². The van der Waals surface area contributed by atoms with Crippen molar-refractivity contribution in [2.45, 2.75) is 40.7 Å². The topological polar surface area (TPSA) is 21.3 Å². The Labute approximate surface area is 106 Å². The van der Waals surface area contributed by atoms with Crippen LogP contribution in [0, 0.1) is 12.8 Å². The van der Waals surface area contributed by atoms with Gasteiger partial charge in [0, 0.05) is 6.04 Å². The van der Waals surface area contributed by atoms with E-state index in [1.54, 1.807) is 0 Å². The van der Waals surface area contributed by atoms with Gasteiger partial charge in [0.25, 0.3) is 0 Å². The first-order chi connectivity index (χ1) is 7.95. The molecule has 0 fully saturated rings. The third-order valence-electron chi connectivity index (χ3n) is 2.18. The van der Waals surface area contributed by atoms with E-state index in [-0.39, 0.29) is 0 Å². The molecule has 0 heterocycles. The summed E-state index contributed by atoms with van der Waals surface area (Å²) in [6.45, 7) is 11.4. The zero-order valence-electron chi connectivity index (χ0n) is 12.1. The molecule has 1 aromatic rings. The van der Waals surface area contributed by atoms with E-state index in [2.05, 4.69) is 52.1 Å². The van der Waals surface area contributed by atoms with Crippen LogP contribution in [0.1, 0.15) is 33.3 Å². The molecule has 1 aromatic carbocycles. The van der Waals surface area contributed by atoms with Crippen molar-refractivity contribution in [1.82, 2.24) is 5.32 Å². The lowest BCUT2D eigenvalue weighted by atomic mass is 10.2.